The summed E-state index contributed by atoms with van der Waals surface area (Å²) in [6.45, 7) is 12.8. The van der Waals surface area contributed by atoms with Crippen LogP contribution in [0.15, 0.2) is 24.3 Å². The number of hydrogen-bond donors (Lipinski definition) is 5. The van der Waals surface area contributed by atoms with E-state index in [0.29, 0.717) is 30.4 Å². The maximum atomic E-state index is 13.7. The summed E-state index contributed by atoms with van der Waals surface area (Å²) in [5.41, 5.74) is 2.57. The Labute approximate surface area is 259 Å². The molecule has 44 heavy (non-hydrogen) atoms. The van der Waals surface area contributed by atoms with Gasteiger partial charge in [-0.2, -0.15) is 0 Å². The molecule has 6 atom stereocenters. The predicted molar refractivity (Wildman–Crippen MR) is 165 cm³/mol. The number of hydrogen-bond acceptors (Lipinski definition) is 8. The van der Waals surface area contributed by atoms with Crippen LogP contribution in [0, 0.1) is 45.6 Å². The van der Waals surface area contributed by atoms with Crippen molar-refractivity contribution in [3.8, 4) is 5.75 Å². The van der Waals surface area contributed by atoms with Gasteiger partial charge in [0.2, 0.25) is 5.91 Å². The van der Waals surface area contributed by atoms with E-state index in [1.165, 1.54) is 0 Å². The summed E-state index contributed by atoms with van der Waals surface area (Å²) in [4.78, 5) is 37.2. The van der Waals surface area contributed by atoms with E-state index in [-0.39, 0.29) is 42.9 Å². The van der Waals surface area contributed by atoms with E-state index in [1.54, 1.807) is 17.6 Å². The molecular weight excluding hydrogens is 567 g/mol. The summed E-state index contributed by atoms with van der Waals surface area (Å²) in [6, 6.07) is 6.39. The number of amides is 2. The van der Waals surface area contributed by atoms with Gasteiger partial charge in [0.1, 0.15) is 11.8 Å². The molecule has 5 N–H and O–H groups in total. The largest absolute Gasteiger partial charge is 0.484 e. The number of hydrazine groups is 1. The Morgan fingerprint density at radius 3 is 2.52 bits per heavy atom. The average molecular weight is 615 g/mol. The lowest BCUT2D eigenvalue weighted by molar-refractivity contribution is -0.525. The molecule has 1 saturated heterocycles. The number of carbonyl (C=O) groups excluding carboxylic acids is 2. The van der Waals surface area contributed by atoms with Crippen LogP contribution in [0.5, 0.6) is 5.75 Å². The Kier molecular flexibility index (Phi) is 10.4. The molecule has 1 aromatic carbocycles. The lowest BCUT2D eigenvalue weighted by Crippen LogP contribution is -2.65. The highest BCUT2D eigenvalue weighted by Crippen LogP contribution is 2.65. The lowest BCUT2D eigenvalue weighted by Gasteiger charge is -2.64. The van der Waals surface area contributed by atoms with Gasteiger partial charge in [-0.3, -0.25) is 15.0 Å². The number of guanidine groups is 1. The van der Waals surface area contributed by atoms with Crippen molar-refractivity contribution in [1.29, 1.82) is 5.41 Å². The molecule has 1 heterocycles. The van der Waals surface area contributed by atoms with Crippen LogP contribution >= 0.6 is 0 Å². The van der Waals surface area contributed by atoms with Gasteiger partial charge in [0, 0.05) is 6.54 Å². The SMILES string of the molecule is Cc1ccc(OCC(=O)N[C@@H](CCCNC(=N)N[N+](=O)[O-])C(=O)N[C@@H](CC(C)C)B2O[C@@H]3C[C@@H]4C[C@@H](C4(C)C)[C@]3(C)O2)cc1. The molecule has 0 unspecified atom stereocenters. The Morgan fingerprint density at radius 1 is 1.18 bits per heavy atom. The molecule has 242 valence electrons. The molecule has 3 saturated carbocycles. The molecule has 4 fully saturated rings. The summed E-state index contributed by atoms with van der Waals surface area (Å²) in [6.07, 6.45) is 3.23. The van der Waals surface area contributed by atoms with Crippen molar-refractivity contribution in [2.45, 2.75) is 97.3 Å². The highest BCUT2D eigenvalue weighted by Gasteiger charge is 2.68. The number of nitro groups is 1. The number of benzene rings is 1. The normalized spacial score (nSPS) is 26.1. The van der Waals surface area contributed by atoms with Crippen LogP contribution in [0.3, 0.4) is 0 Å². The van der Waals surface area contributed by atoms with Crippen molar-refractivity contribution in [3.63, 3.8) is 0 Å². The van der Waals surface area contributed by atoms with Gasteiger partial charge < -0.3 is 30.0 Å². The topological polar surface area (TPSA) is 177 Å². The fourth-order valence-electron chi connectivity index (χ4n) is 7.04. The first-order valence-electron chi connectivity index (χ1n) is 15.5. The summed E-state index contributed by atoms with van der Waals surface area (Å²) >= 11 is 0. The molecule has 0 aromatic heterocycles. The van der Waals surface area contributed by atoms with Crippen LogP contribution < -0.4 is 26.1 Å². The zero-order valence-corrected chi connectivity index (χ0v) is 26.6. The second-order valence-corrected chi connectivity index (χ2v) is 13.6. The van der Waals surface area contributed by atoms with Crippen LogP contribution in [-0.4, -0.2) is 66.8 Å². The molecule has 4 aliphatic rings. The highest BCUT2D eigenvalue weighted by molar-refractivity contribution is 6.48. The number of ether oxygens (including phenoxy) is 1. The summed E-state index contributed by atoms with van der Waals surface area (Å²) in [5.74, 6) is 0.0356. The minimum atomic E-state index is -0.913. The summed E-state index contributed by atoms with van der Waals surface area (Å²) in [7, 11) is -0.608. The number of nitrogens with one attached hydrogen (secondary N) is 5. The molecule has 1 aliphatic heterocycles. The number of aryl methyl sites for hydroxylation is 1. The molecule has 0 spiro atoms. The minimum absolute atomic E-state index is 0.0283. The van der Waals surface area contributed by atoms with E-state index in [2.05, 4.69) is 50.6 Å². The first-order valence-corrected chi connectivity index (χ1v) is 15.5. The van der Waals surface area contributed by atoms with E-state index in [1.807, 2.05) is 19.1 Å². The molecule has 14 heteroatoms. The van der Waals surface area contributed by atoms with E-state index in [4.69, 9.17) is 19.5 Å². The van der Waals surface area contributed by atoms with Gasteiger partial charge in [-0.05, 0) is 81.3 Å². The zero-order chi connectivity index (χ0) is 32.2. The quantitative estimate of drug-likeness (QED) is 0.0527. The number of carbonyl (C=O) groups is 2. The molecule has 2 bridgehead atoms. The second kappa shape index (κ2) is 13.7. The fraction of sp³-hybridized carbons (Fsp3) is 0.700. The third-order valence-corrected chi connectivity index (χ3v) is 9.57. The Morgan fingerprint density at radius 2 is 1.89 bits per heavy atom. The third-order valence-electron chi connectivity index (χ3n) is 9.57. The van der Waals surface area contributed by atoms with Gasteiger partial charge >= 0.3 is 7.12 Å². The van der Waals surface area contributed by atoms with Gasteiger partial charge in [-0.25, -0.2) is 10.1 Å². The molecule has 0 radical (unpaired) electrons. The third kappa shape index (κ3) is 7.81. The van der Waals surface area contributed by atoms with E-state index < -0.39 is 41.6 Å². The Balaban J connectivity index is 1.41. The van der Waals surface area contributed by atoms with Gasteiger partial charge in [0.15, 0.2) is 11.6 Å². The van der Waals surface area contributed by atoms with Crippen molar-refractivity contribution in [3.05, 3.63) is 39.9 Å². The molecular formula is C30H47BN6O7. The number of nitrogens with zero attached hydrogens (tertiary/aromatic N) is 1. The van der Waals surface area contributed by atoms with Crippen LogP contribution in [0.25, 0.3) is 0 Å². The number of rotatable bonds is 14. The second-order valence-electron chi connectivity index (χ2n) is 13.6. The zero-order valence-electron chi connectivity index (χ0n) is 26.6. The van der Waals surface area contributed by atoms with Gasteiger partial charge in [-0.1, -0.05) is 50.8 Å². The first-order chi connectivity index (χ1) is 20.7. The lowest BCUT2D eigenvalue weighted by atomic mass is 9.43. The molecule has 1 aromatic rings. The molecule has 2 amide bonds. The average Bonchev–Trinajstić information content (AvgIpc) is 3.30. The Hall–Kier alpha value is -3.39. The van der Waals surface area contributed by atoms with Gasteiger partial charge in [0.25, 0.3) is 11.9 Å². The monoisotopic (exact) mass is 614 g/mol. The summed E-state index contributed by atoms with van der Waals surface area (Å²) < 4.78 is 18.8. The molecule has 3 aliphatic carbocycles. The highest BCUT2D eigenvalue weighted by atomic mass is 16.7. The smallest absolute Gasteiger partial charge is 0.481 e. The Bertz CT molecular complexity index is 1210. The van der Waals surface area contributed by atoms with Crippen LogP contribution in [0.4, 0.5) is 0 Å². The van der Waals surface area contributed by atoms with E-state index in [0.717, 1.165) is 18.4 Å². The van der Waals surface area contributed by atoms with Crippen molar-refractivity contribution in [2.24, 2.45) is 23.2 Å². The van der Waals surface area contributed by atoms with Gasteiger partial charge in [0.05, 0.1) is 17.6 Å². The predicted octanol–water partition coefficient (Wildman–Crippen LogP) is 2.74. The molecule has 13 nitrogen and oxygen atoms in total. The first kappa shape index (κ1) is 33.5. The molecule has 5 rings (SSSR count). The standard InChI is InChI=1S/C30H47BN6O7/c1-18(2)14-25(31-43-24-16-20-15-23(29(20,4)5)30(24,6)44-31)35-27(39)22(8-7-13-33-28(32)36-37(40)41)34-26(38)17-42-21-11-9-19(3)10-12-21/h9-12,18,20,22-25H,7-8,13-17H2,1-6H3,(H,34,38)(H,35,39)(H3,32,33,36)/t20-,22-,23-,24+,25-,30-/m0/s1. The summed E-state index contributed by atoms with van der Waals surface area (Å²) in [5, 5.41) is 25.8. The maximum Gasteiger partial charge on any atom is 0.481 e. The maximum absolute atomic E-state index is 13.7. The van der Waals surface area contributed by atoms with Crippen molar-refractivity contribution in [2.75, 3.05) is 13.2 Å². The van der Waals surface area contributed by atoms with E-state index in [9.17, 15) is 19.7 Å². The van der Waals surface area contributed by atoms with Gasteiger partial charge in [-0.15, -0.1) is 0 Å². The fourth-order valence-corrected chi connectivity index (χ4v) is 7.04. The van der Waals surface area contributed by atoms with Crippen LogP contribution in [-0.2, 0) is 18.9 Å². The van der Waals surface area contributed by atoms with Crippen molar-refractivity contribution in [1.82, 2.24) is 21.4 Å². The minimum Gasteiger partial charge on any atom is -0.484 e. The van der Waals surface area contributed by atoms with Crippen LogP contribution in [0.2, 0.25) is 0 Å². The van der Waals surface area contributed by atoms with Crippen molar-refractivity contribution < 1.29 is 28.7 Å². The van der Waals surface area contributed by atoms with Crippen molar-refractivity contribution >= 4 is 24.9 Å². The van der Waals surface area contributed by atoms with Crippen LogP contribution in [0.1, 0.15) is 72.3 Å². The van der Waals surface area contributed by atoms with E-state index >= 15 is 0 Å².